The summed E-state index contributed by atoms with van der Waals surface area (Å²) in [6, 6.07) is 7.78. The van der Waals surface area contributed by atoms with Crippen LogP contribution in [0.15, 0.2) is 23.3 Å². The van der Waals surface area contributed by atoms with Gasteiger partial charge >= 0.3 is 5.97 Å². The number of hydrazone groups is 1. The van der Waals surface area contributed by atoms with E-state index in [2.05, 4.69) is 10.5 Å². The van der Waals surface area contributed by atoms with E-state index >= 15 is 0 Å². The summed E-state index contributed by atoms with van der Waals surface area (Å²) in [6.45, 7) is 0. The summed E-state index contributed by atoms with van der Waals surface area (Å²) >= 11 is 1.98. The topological polar surface area (TPSA) is 109 Å². The molecule has 0 aliphatic heterocycles. The fourth-order valence-electron chi connectivity index (χ4n) is 0.982. The van der Waals surface area contributed by atoms with Gasteiger partial charge in [-0.15, -0.1) is 0 Å². The second-order valence-corrected chi connectivity index (χ2v) is 4.04. The number of hydrogen-bond donors (Lipinski definition) is 2. The molecule has 0 bridgehead atoms. The summed E-state index contributed by atoms with van der Waals surface area (Å²) < 4.78 is 0.760. The third-order valence-corrected chi connectivity index (χ3v) is 2.38. The Balaban J connectivity index is 3.09. The number of rotatable bonds is 3. The van der Waals surface area contributed by atoms with Gasteiger partial charge in [0.25, 0.3) is 0 Å². The van der Waals surface area contributed by atoms with Crippen molar-refractivity contribution >= 4 is 40.0 Å². The molecule has 1 aromatic carbocycles. The van der Waals surface area contributed by atoms with E-state index in [1.165, 1.54) is 12.1 Å². The number of nitrogens with one attached hydrogen (secondary N) is 1. The molecule has 0 heterocycles. The Hall–Kier alpha value is -2.13. The monoisotopic (exact) mass is 340 g/mol. The maximum atomic E-state index is 10.9. The summed E-state index contributed by atoms with van der Waals surface area (Å²) in [4.78, 5) is 10.9. The van der Waals surface area contributed by atoms with Gasteiger partial charge in [-0.3, -0.25) is 5.43 Å². The van der Waals surface area contributed by atoms with Gasteiger partial charge in [0.05, 0.1) is 11.3 Å². The minimum atomic E-state index is -1.11. The molecular weight excluding hydrogens is 335 g/mol. The number of aromatic carboxylic acids is 1. The molecule has 0 unspecified atom stereocenters. The van der Waals surface area contributed by atoms with Gasteiger partial charge < -0.3 is 5.11 Å². The number of nitrogens with zero attached hydrogens (tertiary/aromatic N) is 3. The minimum Gasteiger partial charge on any atom is -0.478 e. The molecule has 0 aliphatic carbocycles. The lowest BCUT2D eigenvalue weighted by atomic mass is 10.2. The third kappa shape index (κ3) is 3.43. The maximum absolute atomic E-state index is 10.9. The molecule has 7 heteroatoms. The van der Waals surface area contributed by atoms with Crippen molar-refractivity contribution in [3.8, 4) is 12.1 Å². The van der Waals surface area contributed by atoms with Crippen LogP contribution in [0.25, 0.3) is 0 Å². The van der Waals surface area contributed by atoms with Gasteiger partial charge in [0.15, 0.2) is 0 Å². The van der Waals surface area contributed by atoms with Crippen LogP contribution in [0.5, 0.6) is 0 Å². The largest absolute Gasteiger partial charge is 0.478 e. The molecule has 0 fully saturated rings. The average Bonchev–Trinajstić information content (AvgIpc) is 2.31. The predicted molar refractivity (Wildman–Crippen MR) is 68.4 cm³/mol. The molecule has 0 aliphatic rings. The molecule has 0 radical (unpaired) electrons. The van der Waals surface area contributed by atoms with E-state index in [9.17, 15) is 4.79 Å². The zero-order valence-electron chi connectivity index (χ0n) is 8.31. The average molecular weight is 340 g/mol. The minimum absolute atomic E-state index is 0.0240. The molecule has 6 nitrogen and oxygen atoms in total. The number of benzene rings is 1. The van der Waals surface area contributed by atoms with Crippen molar-refractivity contribution in [1.29, 1.82) is 10.5 Å². The number of anilines is 1. The first-order valence-corrected chi connectivity index (χ1v) is 5.33. The van der Waals surface area contributed by atoms with Gasteiger partial charge in [0.2, 0.25) is 5.71 Å². The van der Waals surface area contributed by atoms with Gasteiger partial charge in [-0.2, -0.15) is 15.6 Å². The summed E-state index contributed by atoms with van der Waals surface area (Å²) in [5.41, 5.74) is 2.25. The second kappa shape index (κ2) is 5.82. The lowest BCUT2D eigenvalue weighted by molar-refractivity contribution is 0.0698. The summed E-state index contributed by atoms with van der Waals surface area (Å²) in [5.74, 6) is -1.11. The van der Waals surface area contributed by atoms with Gasteiger partial charge in [0, 0.05) is 3.57 Å². The molecule has 1 aromatic rings. The second-order valence-electron chi connectivity index (χ2n) is 2.79. The van der Waals surface area contributed by atoms with Crippen LogP contribution >= 0.6 is 22.6 Å². The van der Waals surface area contributed by atoms with E-state index in [0.29, 0.717) is 0 Å². The van der Waals surface area contributed by atoms with E-state index in [-0.39, 0.29) is 17.0 Å². The Labute approximate surface area is 110 Å². The zero-order chi connectivity index (χ0) is 12.8. The molecule has 17 heavy (non-hydrogen) atoms. The molecule has 0 amide bonds. The van der Waals surface area contributed by atoms with Crippen molar-refractivity contribution < 1.29 is 9.90 Å². The number of carbonyl (C=O) groups is 1. The van der Waals surface area contributed by atoms with E-state index in [1.807, 2.05) is 22.6 Å². The summed E-state index contributed by atoms with van der Waals surface area (Å²) in [7, 11) is 0. The molecular formula is C10H5IN4O2. The Morgan fingerprint density at radius 1 is 1.41 bits per heavy atom. The van der Waals surface area contributed by atoms with E-state index in [0.717, 1.165) is 3.57 Å². The van der Waals surface area contributed by atoms with Crippen molar-refractivity contribution in [2.45, 2.75) is 0 Å². The van der Waals surface area contributed by atoms with Crippen LogP contribution in [0, 0.1) is 26.2 Å². The Morgan fingerprint density at radius 2 is 2.06 bits per heavy atom. The van der Waals surface area contributed by atoms with Gasteiger partial charge in [-0.25, -0.2) is 4.79 Å². The highest BCUT2D eigenvalue weighted by Crippen LogP contribution is 2.18. The van der Waals surface area contributed by atoms with Gasteiger partial charge in [0.1, 0.15) is 12.1 Å². The molecule has 0 aromatic heterocycles. The Kier molecular flexibility index (Phi) is 4.43. The van der Waals surface area contributed by atoms with Crippen molar-refractivity contribution in [3.63, 3.8) is 0 Å². The summed E-state index contributed by atoms with van der Waals surface area (Å²) in [6.07, 6.45) is 0. The number of carboxylic acid groups (broad SMARTS) is 1. The number of carboxylic acids is 1. The summed E-state index contributed by atoms with van der Waals surface area (Å²) in [5, 5.41) is 29.4. The highest BCUT2D eigenvalue weighted by Gasteiger charge is 2.10. The van der Waals surface area contributed by atoms with Crippen LogP contribution in [0.4, 0.5) is 5.69 Å². The fourth-order valence-corrected chi connectivity index (χ4v) is 1.47. The Morgan fingerprint density at radius 3 is 2.59 bits per heavy atom. The quantitative estimate of drug-likeness (QED) is 0.495. The maximum Gasteiger partial charge on any atom is 0.337 e. The van der Waals surface area contributed by atoms with Gasteiger partial charge in [-0.1, -0.05) is 0 Å². The first kappa shape index (κ1) is 12.9. The van der Waals surface area contributed by atoms with Crippen LogP contribution in [0.3, 0.4) is 0 Å². The number of hydrogen-bond acceptors (Lipinski definition) is 5. The smallest absolute Gasteiger partial charge is 0.337 e. The third-order valence-electron chi connectivity index (χ3n) is 1.71. The van der Waals surface area contributed by atoms with E-state index in [4.69, 9.17) is 15.6 Å². The van der Waals surface area contributed by atoms with Crippen LogP contribution in [0.2, 0.25) is 0 Å². The predicted octanol–water partition coefficient (Wildman–Crippen LogP) is 1.80. The standard InChI is InChI=1S/C10H5IN4O2/c11-6-1-2-9(8(3-6)10(16)17)15-14-7(4-12)5-13/h1-3,15H,(H,16,17). The molecule has 0 spiro atoms. The van der Waals surface area contributed by atoms with Gasteiger partial charge in [-0.05, 0) is 40.8 Å². The molecule has 0 saturated carbocycles. The van der Waals surface area contributed by atoms with Crippen LogP contribution in [0.1, 0.15) is 10.4 Å². The van der Waals surface area contributed by atoms with Crippen molar-refractivity contribution in [3.05, 3.63) is 27.3 Å². The zero-order valence-corrected chi connectivity index (χ0v) is 10.5. The molecule has 2 N–H and O–H groups in total. The normalized spacial score (nSPS) is 8.65. The van der Waals surface area contributed by atoms with Crippen molar-refractivity contribution in [2.24, 2.45) is 5.10 Å². The van der Waals surface area contributed by atoms with E-state index in [1.54, 1.807) is 18.2 Å². The molecule has 0 atom stereocenters. The first-order chi connectivity index (χ1) is 8.08. The van der Waals surface area contributed by atoms with Crippen molar-refractivity contribution in [2.75, 3.05) is 5.43 Å². The van der Waals surface area contributed by atoms with Crippen molar-refractivity contribution in [1.82, 2.24) is 0 Å². The number of halogens is 1. The fraction of sp³-hybridized carbons (Fsp3) is 0. The highest BCUT2D eigenvalue weighted by molar-refractivity contribution is 14.1. The highest BCUT2D eigenvalue weighted by atomic mass is 127. The van der Waals surface area contributed by atoms with Crippen LogP contribution in [-0.4, -0.2) is 16.8 Å². The Bertz CT molecular complexity index is 553. The van der Waals surface area contributed by atoms with Crippen LogP contribution < -0.4 is 5.43 Å². The SMILES string of the molecule is N#CC(C#N)=NNc1ccc(I)cc1C(=O)O. The number of nitriles is 2. The first-order valence-electron chi connectivity index (χ1n) is 4.25. The van der Waals surface area contributed by atoms with Crippen LogP contribution in [-0.2, 0) is 0 Å². The molecule has 84 valence electrons. The molecule has 0 saturated heterocycles. The molecule has 1 rings (SSSR count). The van der Waals surface area contributed by atoms with E-state index < -0.39 is 5.97 Å². The lowest BCUT2D eigenvalue weighted by Gasteiger charge is -2.05. The lowest BCUT2D eigenvalue weighted by Crippen LogP contribution is -2.04.